The number of H-pyrrole nitrogens is 1. The van der Waals surface area contributed by atoms with Gasteiger partial charge in [0.2, 0.25) is 5.91 Å². The highest BCUT2D eigenvalue weighted by Gasteiger charge is 2.31. The summed E-state index contributed by atoms with van der Waals surface area (Å²) < 4.78 is 5.77. The second kappa shape index (κ2) is 8.45. The first kappa shape index (κ1) is 19.2. The minimum atomic E-state index is 0.100. The molecule has 3 atom stereocenters. The van der Waals surface area contributed by atoms with Crippen molar-refractivity contribution < 1.29 is 9.53 Å². The fourth-order valence-corrected chi connectivity index (χ4v) is 4.42. The normalized spacial score (nSPS) is 26.4. The fourth-order valence-electron chi connectivity index (χ4n) is 4.42. The molecule has 2 aromatic rings. The third-order valence-corrected chi connectivity index (χ3v) is 5.72. The number of amides is 1. The van der Waals surface area contributed by atoms with E-state index in [2.05, 4.69) is 27.0 Å². The third-order valence-electron chi connectivity index (χ3n) is 5.72. The summed E-state index contributed by atoms with van der Waals surface area (Å²) in [4.78, 5) is 25.4. The summed E-state index contributed by atoms with van der Waals surface area (Å²) in [5, 5.41) is 0. The molecule has 0 unspecified atom stereocenters. The van der Waals surface area contributed by atoms with Crippen LogP contribution in [0, 0.1) is 0 Å². The number of hydrogen-bond acceptors (Lipinski definition) is 4. The lowest BCUT2D eigenvalue weighted by Gasteiger charge is -2.39. The Morgan fingerprint density at radius 2 is 1.93 bits per heavy atom. The molecule has 2 aliphatic rings. The van der Waals surface area contributed by atoms with Crippen LogP contribution in [0.4, 0.5) is 0 Å². The SMILES string of the molecule is C[C@@H]1CN(C(=O)CN2CCCC[C@@H]2c2ncc(-c3ccccc3)[nH]2)C[C@H](C)O1. The van der Waals surface area contributed by atoms with Crippen LogP contribution in [-0.4, -0.2) is 64.1 Å². The minimum absolute atomic E-state index is 0.100. The second-order valence-corrected chi connectivity index (χ2v) is 8.09. The Balaban J connectivity index is 1.46. The zero-order valence-electron chi connectivity index (χ0n) is 16.8. The van der Waals surface area contributed by atoms with E-state index in [1.807, 2.05) is 43.1 Å². The molecule has 28 heavy (non-hydrogen) atoms. The van der Waals surface area contributed by atoms with Crippen molar-refractivity contribution in [3.63, 3.8) is 0 Å². The van der Waals surface area contributed by atoms with Crippen molar-refractivity contribution in [2.24, 2.45) is 0 Å². The average molecular weight is 383 g/mol. The van der Waals surface area contributed by atoms with Crippen molar-refractivity contribution in [1.82, 2.24) is 19.8 Å². The first-order valence-electron chi connectivity index (χ1n) is 10.4. The van der Waals surface area contributed by atoms with Crippen molar-refractivity contribution in [2.75, 3.05) is 26.2 Å². The molecular formula is C22H30N4O2. The van der Waals surface area contributed by atoms with Crippen molar-refractivity contribution in [3.05, 3.63) is 42.4 Å². The van der Waals surface area contributed by atoms with Gasteiger partial charge < -0.3 is 14.6 Å². The largest absolute Gasteiger partial charge is 0.372 e. The summed E-state index contributed by atoms with van der Waals surface area (Å²) in [5.74, 6) is 1.17. The van der Waals surface area contributed by atoms with E-state index in [4.69, 9.17) is 4.74 Å². The number of imidazole rings is 1. The lowest BCUT2D eigenvalue weighted by atomic mass is 10.0. The molecule has 1 aromatic carbocycles. The van der Waals surface area contributed by atoms with Crippen LogP contribution < -0.4 is 0 Å². The molecule has 1 amide bonds. The highest BCUT2D eigenvalue weighted by molar-refractivity contribution is 5.78. The van der Waals surface area contributed by atoms with Gasteiger partial charge in [0.15, 0.2) is 0 Å². The molecule has 0 aliphatic carbocycles. The van der Waals surface area contributed by atoms with Gasteiger partial charge in [0.05, 0.1) is 36.7 Å². The van der Waals surface area contributed by atoms with E-state index in [0.29, 0.717) is 19.6 Å². The van der Waals surface area contributed by atoms with Crippen LogP contribution in [0.2, 0.25) is 0 Å². The minimum Gasteiger partial charge on any atom is -0.372 e. The Morgan fingerprint density at radius 3 is 2.68 bits per heavy atom. The molecule has 2 fully saturated rings. The Bertz CT molecular complexity index is 781. The van der Waals surface area contributed by atoms with E-state index >= 15 is 0 Å². The number of benzene rings is 1. The summed E-state index contributed by atoms with van der Waals surface area (Å²) in [6.07, 6.45) is 5.44. The number of carbonyl (C=O) groups excluding carboxylic acids is 1. The number of aromatic amines is 1. The Kier molecular flexibility index (Phi) is 5.78. The number of likely N-dealkylation sites (tertiary alicyclic amines) is 1. The number of nitrogens with zero attached hydrogens (tertiary/aromatic N) is 3. The number of aromatic nitrogens is 2. The van der Waals surface area contributed by atoms with Crippen LogP contribution in [0.1, 0.15) is 45.0 Å². The van der Waals surface area contributed by atoms with E-state index in [1.54, 1.807) is 0 Å². The highest BCUT2D eigenvalue weighted by atomic mass is 16.5. The van der Waals surface area contributed by atoms with Gasteiger partial charge >= 0.3 is 0 Å². The zero-order valence-corrected chi connectivity index (χ0v) is 16.8. The van der Waals surface area contributed by atoms with Gasteiger partial charge in [-0.05, 0) is 38.8 Å². The van der Waals surface area contributed by atoms with Gasteiger partial charge in [-0.15, -0.1) is 0 Å². The maximum Gasteiger partial charge on any atom is 0.236 e. The molecule has 0 bridgehead atoms. The maximum atomic E-state index is 13.0. The van der Waals surface area contributed by atoms with Gasteiger partial charge in [-0.2, -0.15) is 0 Å². The quantitative estimate of drug-likeness (QED) is 0.882. The van der Waals surface area contributed by atoms with E-state index in [9.17, 15) is 4.79 Å². The highest BCUT2D eigenvalue weighted by Crippen LogP contribution is 2.30. The summed E-state index contributed by atoms with van der Waals surface area (Å²) in [6.45, 7) is 6.82. The van der Waals surface area contributed by atoms with Gasteiger partial charge in [0.25, 0.3) is 0 Å². The van der Waals surface area contributed by atoms with Crippen molar-refractivity contribution in [3.8, 4) is 11.3 Å². The van der Waals surface area contributed by atoms with Gasteiger partial charge in [0.1, 0.15) is 5.82 Å². The van der Waals surface area contributed by atoms with Crippen molar-refractivity contribution in [2.45, 2.75) is 51.4 Å². The van der Waals surface area contributed by atoms with E-state index in [1.165, 1.54) is 6.42 Å². The molecule has 3 heterocycles. The van der Waals surface area contributed by atoms with Gasteiger partial charge in [0, 0.05) is 13.1 Å². The number of hydrogen-bond donors (Lipinski definition) is 1. The van der Waals surface area contributed by atoms with Gasteiger partial charge in [-0.1, -0.05) is 36.8 Å². The molecule has 6 heteroatoms. The van der Waals surface area contributed by atoms with Gasteiger partial charge in [-0.25, -0.2) is 4.98 Å². The molecule has 1 N–H and O–H groups in total. The molecule has 0 radical (unpaired) electrons. The summed E-state index contributed by atoms with van der Waals surface area (Å²) in [7, 11) is 0. The molecule has 0 saturated carbocycles. The second-order valence-electron chi connectivity index (χ2n) is 8.09. The topological polar surface area (TPSA) is 61.5 Å². The average Bonchev–Trinajstić information content (AvgIpc) is 3.18. The molecule has 4 rings (SSSR count). The summed E-state index contributed by atoms with van der Waals surface area (Å²) >= 11 is 0. The van der Waals surface area contributed by atoms with Crippen LogP contribution in [-0.2, 0) is 9.53 Å². The van der Waals surface area contributed by atoms with Crippen LogP contribution in [0.15, 0.2) is 36.5 Å². The standard InChI is InChI=1S/C22H30N4O2/c1-16-13-26(14-17(2)28-16)21(27)15-25-11-7-6-10-20(25)22-23-12-19(24-22)18-8-4-3-5-9-18/h3-5,8-9,12,16-17,20H,6-7,10-11,13-15H2,1-2H3,(H,23,24)/t16-,17+,20-/m1/s1. The van der Waals surface area contributed by atoms with Gasteiger partial charge in [-0.3, -0.25) is 9.69 Å². The number of ether oxygens (including phenoxy) is 1. The molecule has 1 aromatic heterocycles. The van der Waals surface area contributed by atoms with Crippen LogP contribution in [0.5, 0.6) is 0 Å². The number of piperidine rings is 1. The summed E-state index contributed by atoms with van der Waals surface area (Å²) in [6, 6.07) is 10.4. The monoisotopic (exact) mass is 382 g/mol. The first-order chi connectivity index (χ1) is 13.6. The van der Waals surface area contributed by atoms with Crippen molar-refractivity contribution in [1.29, 1.82) is 0 Å². The lowest BCUT2D eigenvalue weighted by Crippen LogP contribution is -2.51. The molecule has 2 saturated heterocycles. The van der Waals surface area contributed by atoms with Crippen LogP contribution in [0.3, 0.4) is 0 Å². The zero-order chi connectivity index (χ0) is 19.5. The Hall–Kier alpha value is -2.18. The number of nitrogens with one attached hydrogen (secondary N) is 1. The molecule has 150 valence electrons. The van der Waals surface area contributed by atoms with Crippen LogP contribution in [0.25, 0.3) is 11.3 Å². The van der Waals surface area contributed by atoms with Crippen LogP contribution >= 0.6 is 0 Å². The predicted molar refractivity (Wildman–Crippen MR) is 109 cm³/mol. The predicted octanol–water partition coefficient (Wildman–Crippen LogP) is 3.24. The molecular weight excluding hydrogens is 352 g/mol. The summed E-state index contributed by atoms with van der Waals surface area (Å²) in [5.41, 5.74) is 2.17. The first-order valence-corrected chi connectivity index (χ1v) is 10.4. The van der Waals surface area contributed by atoms with E-state index in [0.717, 1.165) is 36.5 Å². The number of morpholine rings is 1. The molecule has 6 nitrogen and oxygen atoms in total. The third kappa shape index (κ3) is 4.28. The van der Waals surface area contributed by atoms with E-state index in [-0.39, 0.29) is 24.2 Å². The number of carbonyl (C=O) groups is 1. The van der Waals surface area contributed by atoms with Crippen molar-refractivity contribution >= 4 is 5.91 Å². The van der Waals surface area contributed by atoms with E-state index < -0.39 is 0 Å². The number of rotatable bonds is 4. The molecule has 2 aliphatic heterocycles. The fraction of sp³-hybridized carbons (Fsp3) is 0.545. The molecule has 0 spiro atoms. The maximum absolute atomic E-state index is 13.0. The smallest absolute Gasteiger partial charge is 0.236 e. The Labute approximate surface area is 166 Å². The lowest BCUT2D eigenvalue weighted by molar-refractivity contribution is -0.145. The Morgan fingerprint density at radius 1 is 1.18 bits per heavy atom.